The van der Waals surface area contributed by atoms with Gasteiger partial charge in [0.2, 0.25) is 0 Å². The Morgan fingerprint density at radius 1 is 1.14 bits per heavy atom. The molecule has 0 radical (unpaired) electrons. The van der Waals surface area contributed by atoms with Crippen LogP contribution in [0.25, 0.3) is 0 Å². The molecule has 76 valence electrons. The number of benzene rings is 1. The van der Waals surface area contributed by atoms with Crippen molar-refractivity contribution < 1.29 is 18.0 Å². The maximum Gasteiger partial charge on any atom is 0.194 e. The average molecular weight is 202 g/mol. The molecule has 0 atom stereocenters. The van der Waals surface area contributed by atoms with Crippen molar-refractivity contribution in [2.45, 2.75) is 13.8 Å². The van der Waals surface area contributed by atoms with Gasteiger partial charge in [0.25, 0.3) is 0 Å². The van der Waals surface area contributed by atoms with Crippen LogP contribution in [0.15, 0.2) is 12.1 Å². The smallest absolute Gasteiger partial charge is 0.194 e. The van der Waals surface area contributed by atoms with Crippen LogP contribution in [0.5, 0.6) is 0 Å². The minimum atomic E-state index is -1.55. The van der Waals surface area contributed by atoms with E-state index in [1.54, 1.807) is 13.8 Å². The molecule has 0 aliphatic rings. The van der Waals surface area contributed by atoms with E-state index in [1.165, 1.54) is 0 Å². The summed E-state index contributed by atoms with van der Waals surface area (Å²) in [6.45, 7) is 3.20. The summed E-state index contributed by atoms with van der Waals surface area (Å²) >= 11 is 0. The molecule has 0 saturated carbocycles. The van der Waals surface area contributed by atoms with Crippen LogP contribution in [0, 0.1) is 23.4 Å². The van der Waals surface area contributed by atoms with Crippen molar-refractivity contribution in [1.29, 1.82) is 0 Å². The van der Waals surface area contributed by atoms with Crippen LogP contribution in [0.4, 0.5) is 13.2 Å². The SMILES string of the molecule is CC(C)C(=O)c1cc(F)c(F)c(F)c1. The molecular formula is C10H9F3O. The molecule has 0 spiro atoms. The highest BCUT2D eigenvalue weighted by molar-refractivity contribution is 5.97. The molecule has 0 aromatic heterocycles. The average Bonchev–Trinajstić information content (AvgIpc) is 2.12. The minimum Gasteiger partial charge on any atom is -0.294 e. The van der Waals surface area contributed by atoms with Crippen LogP contribution >= 0.6 is 0 Å². The van der Waals surface area contributed by atoms with Gasteiger partial charge in [-0.3, -0.25) is 4.79 Å². The standard InChI is InChI=1S/C10H9F3O/c1-5(2)10(14)6-3-7(11)9(13)8(12)4-6/h3-5H,1-2H3. The molecule has 1 nitrogen and oxygen atoms in total. The van der Waals surface area contributed by atoms with Crippen molar-refractivity contribution in [1.82, 2.24) is 0 Å². The quantitative estimate of drug-likeness (QED) is 0.532. The third kappa shape index (κ3) is 1.95. The first-order valence-corrected chi connectivity index (χ1v) is 4.12. The first-order chi connectivity index (χ1) is 6.43. The molecule has 0 N–H and O–H groups in total. The lowest BCUT2D eigenvalue weighted by atomic mass is 10.0. The topological polar surface area (TPSA) is 17.1 Å². The fourth-order valence-corrected chi connectivity index (χ4v) is 1.03. The summed E-state index contributed by atoms with van der Waals surface area (Å²) in [5, 5.41) is 0. The van der Waals surface area contributed by atoms with Crippen molar-refractivity contribution >= 4 is 5.78 Å². The van der Waals surface area contributed by atoms with Gasteiger partial charge in [0.05, 0.1) is 0 Å². The Morgan fingerprint density at radius 2 is 1.57 bits per heavy atom. The minimum absolute atomic E-state index is 0.142. The zero-order chi connectivity index (χ0) is 10.9. The number of halogens is 3. The number of hydrogen-bond acceptors (Lipinski definition) is 1. The van der Waals surface area contributed by atoms with E-state index >= 15 is 0 Å². The molecule has 0 fully saturated rings. The number of Topliss-reactive ketones (excluding diaryl/α,β-unsaturated/α-hetero) is 1. The van der Waals surface area contributed by atoms with E-state index in [4.69, 9.17) is 0 Å². The van der Waals surface area contributed by atoms with Gasteiger partial charge in [-0.2, -0.15) is 0 Å². The Hall–Kier alpha value is -1.32. The van der Waals surface area contributed by atoms with Crippen LogP contribution in [-0.4, -0.2) is 5.78 Å². The third-order valence-electron chi connectivity index (χ3n) is 1.79. The van der Waals surface area contributed by atoms with Crippen LogP contribution in [0.2, 0.25) is 0 Å². The highest BCUT2D eigenvalue weighted by Gasteiger charge is 2.16. The molecule has 4 heteroatoms. The zero-order valence-corrected chi connectivity index (χ0v) is 7.77. The van der Waals surface area contributed by atoms with Gasteiger partial charge in [-0.25, -0.2) is 13.2 Å². The van der Waals surface area contributed by atoms with Crippen LogP contribution in [0.3, 0.4) is 0 Å². The second-order valence-corrected chi connectivity index (χ2v) is 3.27. The Labute approximate surface area is 79.5 Å². The van der Waals surface area contributed by atoms with Crippen LogP contribution in [0.1, 0.15) is 24.2 Å². The highest BCUT2D eigenvalue weighted by Crippen LogP contribution is 2.16. The molecule has 0 unspecified atom stereocenters. The van der Waals surface area contributed by atoms with Gasteiger partial charge in [-0.15, -0.1) is 0 Å². The number of ketones is 1. The third-order valence-corrected chi connectivity index (χ3v) is 1.79. The molecule has 0 aliphatic carbocycles. The number of rotatable bonds is 2. The van der Waals surface area contributed by atoms with Gasteiger partial charge in [0, 0.05) is 11.5 Å². The fraction of sp³-hybridized carbons (Fsp3) is 0.300. The zero-order valence-electron chi connectivity index (χ0n) is 7.77. The summed E-state index contributed by atoms with van der Waals surface area (Å²) in [6, 6.07) is 1.42. The lowest BCUT2D eigenvalue weighted by Gasteiger charge is -2.04. The molecule has 1 rings (SSSR count). The Morgan fingerprint density at radius 3 is 1.93 bits per heavy atom. The number of carbonyl (C=O) groups excluding carboxylic acids is 1. The molecule has 0 bridgehead atoms. The normalized spacial score (nSPS) is 10.7. The largest absolute Gasteiger partial charge is 0.294 e. The lowest BCUT2D eigenvalue weighted by molar-refractivity contribution is 0.0938. The summed E-state index contributed by atoms with van der Waals surface area (Å²) in [5.41, 5.74) is -0.142. The first kappa shape index (κ1) is 10.8. The van der Waals surface area contributed by atoms with E-state index in [1.807, 2.05) is 0 Å². The molecule has 1 aromatic rings. The van der Waals surface area contributed by atoms with Gasteiger partial charge >= 0.3 is 0 Å². The maximum atomic E-state index is 12.7. The molecular weight excluding hydrogens is 193 g/mol. The van der Waals surface area contributed by atoms with Crippen LogP contribution < -0.4 is 0 Å². The van der Waals surface area contributed by atoms with Crippen molar-refractivity contribution in [3.8, 4) is 0 Å². The van der Waals surface area contributed by atoms with Crippen LogP contribution in [-0.2, 0) is 0 Å². The number of carbonyl (C=O) groups is 1. The predicted octanol–water partition coefficient (Wildman–Crippen LogP) is 2.94. The van der Waals surface area contributed by atoms with Gasteiger partial charge in [0.15, 0.2) is 23.2 Å². The lowest BCUT2D eigenvalue weighted by Crippen LogP contribution is -2.09. The predicted molar refractivity (Wildman–Crippen MR) is 45.5 cm³/mol. The molecule has 0 amide bonds. The van der Waals surface area contributed by atoms with Crippen molar-refractivity contribution in [2.24, 2.45) is 5.92 Å². The van der Waals surface area contributed by atoms with Gasteiger partial charge in [-0.05, 0) is 12.1 Å². The van der Waals surface area contributed by atoms with E-state index in [0.29, 0.717) is 12.1 Å². The van der Waals surface area contributed by atoms with E-state index in [-0.39, 0.29) is 11.5 Å². The van der Waals surface area contributed by atoms with Crippen molar-refractivity contribution in [3.63, 3.8) is 0 Å². The second kappa shape index (κ2) is 3.82. The fourth-order valence-electron chi connectivity index (χ4n) is 1.03. The van der Waals surface area contributed by atoms with E-state index < -0.39 is 23.2 Å². The molecule has 14 heavy (non-hydrogen) atoms. The van der Waals surface area contributed by atoms with Crippen molar-refractivity contribution in [3.05, 3.63) is 35.1 Å². The van der Waals surface area contributed by atoms with E-state index in [2.05, 4.69) is 0 Å². The highest BCUT2D eigenvalue weighted by atomic mass is 19.2. The van der Waals surface area contributed by atoms with E-state index in [9.17, 15) is 18.0 Å². The molecule has 0 heterocycles. The maximum absolute atomic E-state index is 12.7. The second-order valence-electron chi connectivity index (χ2n) is 3.27. The molecule has 0 saturated heterocycles. The summed E-state index contributed by atoms with van der Waals surface area (Å²) in [5.74, 6) is -5.02. The summed E-state index contributed by atoms with van der Waals surface area (Å²) in [4.78, 5) is 11.3. The Balaban J connectivity index is 3.19. The molecule has 0 aliphatic heterocycles. The Bertz CT molecular complexity index is 349. The van der Waals surface area contributed by atoms with Gasteiger partial charge < -0.3 is 0 Å². The summed E-state index contributed by atoms with van der Waals surface area (Å²) in [7, 11) is 0. The van der Waals surface area contributed by atoms with Crippen molar-refractivity contribution in [2.75, 3.05) is 0 Å². The monoisotopic (exact) mass is 202 g/mol. The summed E-state index contributed by atoms with van der Waals surface area (Å²) in [6.07, 6.45) is 0. The molecule has 1 aromatic carbocycles. The van der Waals surface area contributed by atoms with Gasteiger partial charge in [-0.1, -0.05) is 13.8 Å². The van der Waals surface area contributed by atoms with E-state index in [0.717, 1.165) is 0 Å². The first-order valence-electron chi connectivity index (χ1n) is 4.12. The summed E-state index contributed by atoms with van der Waals surface area (Å²) < 4.78 is 37.9. The number of hydrogen-bond donors (Lipinski definition) is 0. The van der Waals surface area contributed by atoms with Gasteiger partial charge in [0.1, 0.15) is 0 Å². The Kier molecular flexibility index (Phi) is 2.93.